The van der Waals surface area contributed by atoms with E-state index in [9.17, 15) is 14.7 Å². The summed E-state index contributed by atoms with van der Waals surface area (Å²) in [5.41, 5.74) is 1.40. The Balaban J connectivity index is 1.60. The monoisotopic (exact) mass is 496 g/mol. The van der Waals surface area contributed by atoms with E-state index >= 15 is 0 Å². The second kappa shape index (κ2) is 9.90. The minimum absolute atomic E-state index is 0.0529. The standard InChI is InChI=1S/C26H29BrN2O3/c1-2-3-6-17-9-11-18(12-10-17)24(30)23-21-7-4-5-8-22(21)29(25(23)31)26(32)28-20-15-13-19(27)14-16-20/h4-5,7-8,13-18,31H,2-3,6,9-12H2,1H3,(H,28,32). The zero-order chi connectivity index (χ0) is 22.7. The number of rotatable bonds is 6. The number of anilines is 1. The fraction of sp³-hybridized carbons (Fsp3) is 0.385. The quantitative estimate of drug-likeness (QED) is 0.350. The maximum Gasteiger partial charge on any atom is 0.333 e. The van der Waals surface area contributed by atoms with Gasteiger partial charge in [-0.25, -0.2) is 9.36 Å². The number of carbonyl (C=O) groups is 2. The molecule has 1 aromatic heterocycles. The molecule has 1 fully saturated rings. The first-order valence-corrected chi connectivity index (χ1v) is 12.2. The number of nitrogens with one attached hydrogen (secondary N) is 1. The Kier molecular flexibility index (Phi) is 6.99. The number of aromatic hydroxyl groups is 1. The van der Waals surface area contributed by atoms with Gasteiger partial charge in [0.25, 0.3) is 0 Å². The summed E-state index contributed by atoms with van der Waals surface area (Å²) in [5, 5.41) is 14.5. The number of amides is 1. The summed E-state index contributed by atoms with van der Waals surface area (Å²) in [4.78, 5) is 26.5. The van der Waals surface area contributed by atoms with Crippen molar-refractivity contribution >= 4 is 44.3 Å². The molecule has 5 nitrogen and oxygen atoms in total. The first-order valence-electron chi connectivity index (χ1n) is 11.4. The van der Waals surface area contributed by atoms with Crippen LogP contribution in [0.2, 0.25) is 0 Å². The fourth-order valence-electron chi connectivity index (χ4n) is 4.80. The van der Waals surface area contributed by atoms with Crippen LogP contribution in [0.4, 0.5) is 10.5 Å². The van der Waals surface area contributed by atoms with Crippen LogP contribution >= 0.6 is 15.9 Å². The van der Waals surface area contributed by atoms with Gasteiger partial charge in [0.05, 0.1) is 11.1 Å². The highest BCUT2D eigenvalue weighted by atomic mass is 79.9. The third kappa shape index (κ3) is 4.60. The number of Topliss-reactive ketones (excluding diaryl/α,β-unsaturated/α-hetero) is 1. The SMILES string of the molecule is CCCCC1CCC(C(=O)c2c(O)n(C(=O)Nc3ccc(Br)cc3)c3ccccc23)CC1. The van der Waals surface area contributed by atoms with Crippen LogP contribution in [-0.2, 0) is 0 Å². The molecule has 1 amide bonds. The van der Waals surface area contributed by atoms with Gasteiger partial charge in [-0.3, -0.25) is 4.79 Å². The summed E-state index contributed by atoms with van der Waals surface area (Å²) in [7, 11) is 0. The lowest BCUT2D eigenvalue weighted by molar-refractivity contribution is 0.0868. The van der Waals surface area contributed by atoms with Gasteiger partial charge in [-0.15, -0.1) is 0 Å². The average molecular weight is 497 g/mol. The Morgan fingerprint density at radius 2 is 1.75 bits per heavy atom. The van der Waals surface area contributed by atoms with Gasteiger partial charge in [0, 0.05) is 21.5 Å². The molecule has 0 spiro atoms. The highest BCUT2D eigenvalue weighted by Crippen LogP contribution is 2.38. The van der Waals surface area contributed by atoms with E-state index in [-0.39, 0.29) is 23.1 Å². The molecule has 1 heterocycles. The van der Waals surface area contributed by atoms with Crippen LogP contribution in [0.1, 0.15) is 62.2 Å². The molecule has 1 aliphatic rings. The number of fused-ring (bicyclic) bond motifs is 1. The Hall–Kier alpha value is -2.60. The lowest BCUT2D eigenvalue weighted by atomic mass is 9.77. The lowest BCUT2D eigenvalue weighted by Crippen LogP contribution is -2.22. The number of nitrogens with zero attached hydrogens (tertiary/aromatic N) is 1. The molecule has 1 saturated carbocycles. The number of aromatic nitrogens is 1. The van der Waals surface area contributed by atoms with Crippen molar-refractivity contribution < 1.29 is 14.7 Å². The molecule has 32 heavy (non-hydrogen) atoms. The van der Waals surface area contributed by atoms with Crippen molar-refractivity contribution in [2.24, 2.45) is 11.8 Å². The molecule has 2 N–H and O–H groups in total. The van der Waals surface area contributed by atoms with Gasteiger partial charge in [-0.05, 0) is 61.9 Å². The van der Waals surface area contributed by atoms with Gasteiger partial charge in [0.2, 0.25) is 5.88 Å². The molecule has 1 aliphatic carbocycles. The molecule has 0 bridgehead atoms. The van der Waals surface area contributed by atoms with E-state index < -0.39 is 6.03 Å². The zero-order valence-electron chi connectivity index (χ0n) is 18.3. The molecule has 0 radical (unpaired) electrons. The summed E-state index contributed by atoms with van der Waals surface area (Å²) < 4.78 is 2.11. The summed E-state index contributed by atoms with van der Waals surface area (Å²) in [5.74, 6) is 0.264. The molecule has 0 aliphatic heterocycles. The molecule has 2 aromatic carbocycles. The van der Waals surface area contributed by atoms with Crippen LogP contribution in [0.25, 0.3) is 10.9 Å². The number of unbranched alkanes of at least 4 members (excludes halogenated alkanes) is 1. The Bertz CT molecular complexity index is 1110. The maximum atomic E-state index is 13.5. The van der Waals surface area contributed by atoms with Gasteiger partial charge in [-0.1, -0.05) is 60.3 Å². The molecule has 0 unspecified atom stereocenters. The van der Waals surface area contributed by atoms with E-state index in [0.717, 1.165) is 30.2 Å². The van der Waals surface area contributed by atoms with Crippen LogP contribution in [0.15, 0.2) is 53.0 Å². The second-order valence-corrected chi connectivity index (χ2v) is 9.63. The molecule has 4 rings (SSSR count). The van der Waals surface area contributed by atoms with Gasteiger partial charge in [0.1, 0.15) is 0 Å². The lowest BCUT2D eigenvalue weighted by Gasteiger charge is -2.27. The number of carbonyl (C=O) groups excluding carboxylic acids is 2. The van der Waals surface area contributed by atoms with E-state index in [2.05, 4.69) is 28.2 Å². The number of hydrogen-bond acceptors (Lipinski definition) is 3. The summed E-state index contributed by atoms with van der Waals surface area (Å²) >= 11 is 3.38. The summed E-state index contributed by atoms with van der Waals surface area (Å²) in [6, 6.07) is 13.9. The minimum Gasteiger partial charge on any atom is -0.494 e. The first-order chi connectivity index (χ1) is 15.5. The third-order valence-electron chi connectivity index (χ3n) is 6.58. The molecule has 6 heteroatoms. The average Bonchev–Trinajstić information content (AvgIpc) is 3.10. The molecule has 3 aromatic rings. The molecule has 168 valence electrons. The molecule has 0 atom stereocenters. The third-order valence-corrected chi connectivity index (χ3v) is 7.11. The van der Waals surface area contributed by atoms with E-state index in [1.165, 1.54) is 23.8 Å². The highest BCUT2D eigenvalue weighted by molar-refractivity contribution is 9.10. The predicted molar refractivity (Wildman–Crippen MR) is 131 cm³/mol. The van der Waals surface area contributed by atoms with Crippen LogP contribution in [0.3, 0.4) is 0 Å². The van der Waals surface area contributed by atoms with E-state index in [1.54, 1.807) is 30.3 Å². The molecular formula is C26H29BrN2O3. The van der Waals surface area contributed by atoms with Crippen molar-refractivity contribution in [3.8, 4) is 5.88 Å². The fourth-order valence-corrected chi connectivity index (χ4v) is 5.06. The van der Waals surface area contributed by atoms with Gasteiger partial charge in [0.15, 0.2) is 5.78 Å². The Morgan fingerprint density at radius 1 is 1.06 bits per heavy atom. The Labute approximate surface area is 196 Å². The zero-order valence-corrected chi connectivity index (χ0v) is 19.9. The summed E-state index contributed by atoms with van der Waals surface area (Å²) in [6.45, 7) is 2.21. The topological polar surface area (TPSA) is 71.3 Å². The summed E-state index contributed by atoms with van der Waals surface area (Å²) in [6.07, 6.45) is 7.48. The van der Waals surface area contributed by atoms with Crippen LogP contribution in [-0.4, -0.2) is 21.5 Å². The number of benzene rings is 2. The van der Waals surface area contributed by atoms with Crippen molar-refractivity contribution in [3.05, 3.63) is 58.6 Å². The van der Waals surface area contributed by atoms with Crippen molar-refractivity contribution in [2.75, 3.05) is 5.32 Å². The van der Waals surface area contributed by atoms with Crippen LogP contribution in [0, 0.1) is 11.8 Å². The van der Waals surface area contributed by atoms with E-state index in [4.69, 9.17) is 0 Å². The largest absolute Gasteiger partial charge is 0.494 e. The number of ketones is 1. The smallest absolute Gasteiger partial charge is 0.333 e. The van der Waals surface area contributed by atoms with E-state index in [0.29, 0.717) is 22.5 Å². The normalized spacial score (nSPS) is 18.6. The predicted octanol–water partition coefficient (Wildman–Crippen LogP) is 7.37. The first kappa shape index (κ1) is 22.6. The Morgan fingerprint density at radius 3 is 2.44 bits per heavy atom. The van der Waals surface area contributed by atoms with Crippen molar-refractivity contribution in [3.63, 3.8) is 0 Å². The number of para-hydroxylation sites is 1. The maximum absolute atomic E-state index is 13.5. The van der Waals surface area contributed by atoms with Crippen molar-refractivity contribution in [2.45, 2.75) is 51.9 Å². The molecule has 0 saturated heterocycles. The van der Waals surface area contributed by atoms with Gasteiger partial charge in [-0.2, -0.15) is 0 Å². The molecular weight excluding hydrogens is 468 g/mol. The van der Waals surface area contributed by atoms with Crippen molar-refractivity contribution in [1.29, 1.82) is 0 Å². The van der Waals surface area contributed by atoms with Gasteiger partial charge >= 0.3 is 6.03 Å². The van der Waals surface area contributed by atoms with Crippen LogP contribution < -0.4 is 5.32 Å². The van der Waals surface area contributed by atoms with Crippen LogP contribution in [0.5, 0.6) is 5.88 Å². The minimum atomic E-state index is -0.497. The number of hydrogen-bond donors (Lipinski definition) is 2. The van der Waals surface area contributed by atoms with E-state index in [1.807, 2.05) is 18.2 Å². The second-order valence-electron chi connectivity index (χ2n) is 8.71. The van der Waals surface area contributed by atoms with Gasteiger partial charge < -0.3 is 10.4 Å². The number of halogens is 1. The highest BCUT2D eigenvalue weighted by Gasteiger charge is 2.32. The van der Waals surface area contributed by atoms with Crippen molar-refractivity contribution in [1.82, 2.24) is 4.57 Å².